The van der Waals surface area contributed by atoms with E-state index in [0.717, 1.165) is 33.0 Å². The summed E-state index contributed by atoms with van der Waals surface area (Å²) in [5.74, 6) is 0.440. The van der Waals surface area contributed by atoms with Crippen molar-refractivity contribution in [3.63, 3.8) is 0 Å². The smallest absolute Gasteiger partial charge is 0.263 e. The Bertz CT molecular complexity index is 1040. The lowest BCUT2D eigenvalue weighted by Crippen LogP contribution is -2.27. The molecule has 0 amide bonds. The fourth-order valence-electron chi connectivity index (χ4n) is 3.33. The quantitative estimate of drug-likeness (QED) is 0.451. The van der Waals surface area contributed by atoms with Gasteiger partial charge in [-0.25, -0.2) is 9.37 Å². The van der Waals surface area contributed by atoms with E-state index >= 15 is 0 Å². The van der Waals surface area contributed by atoms with Gasteiger partial charge in [-0.2, -0.15) is 0 Å². The SMILES string of the molecule is CCn1c(SC[C@H]2CCOCO2)nc2sc(C)c(-c3ccc(F)cc3)c2c1=O. The summed E-state index contributed by atoms with van der Waals surface area (Å²) in [5.41, 5.74) is 1.64. The summed E-state index contributed by atoms with van der Waals surface area (Å²) < 4.78 is 25.9. The van der Waals surface area contributed by atoms with E-state index in [1.54, 1.807) is 28.5 Å². The van der Waals surface area contributed by atoms with E-state index in [2.05, 4.69) is 0 Å². The Labute approximate surface area is 170 Å². The Kier molecular flexibility index (Phi) is 5.82. The largest absolute Gasteiger partial charge is 0.355 e. The lowest BCUT2D eigenvalue weighted by molar-refractivity contribution is -0.130. The Morgan fingerprint density at radius 2 is 2.14 bits per heavy atom. The lowest BCUT2D eigenvalue weighted by Gasteiger charge is -2.22. The van der Waals surface area contributed by atoms with Crippen LogP contribution in [0.1, 0.15) is 18.2 Å². The van der Waals surface area contributed by atoms with Crippen molar-refractivity contribution in [2.24, 2.45) is 0 Å². The highest BCUT2D eigenvalue weighted by atomic mass is 32.2. The van der Waals surface area contributed by atoms with Crippen LogP contribution in [0, 0.1) is 12.7 Å². The summed E-state index contributed by atoms with van der Waals surface area (Å²) in [5, 5.41) is 1.32. The first-order valence-corrected chi connectivity index (χ1v) is 11.0. The van der Waals surface area contributed by atoms with Gasteiger partial charge in [0, 0.05) is 22.7 Å². The monoisotopic (exact) mass is 420 g/mol. The molecule has 1 saturated heterocycles. The first-order valence-electron chi connectivity index (χ1n) is 9.20. The zero-order valence-electron chi connectivity index (χ0n) is 15.7. The van der Waals surface area contributed by atoms with E-state index in [9.17, 15) is 9.18 Å². The zero-order valence-corrected chi connectivity index (χ0v) is 17.4. The number of hydrogen-bond acceptors (Lipinski definition) is 6. The molecular weight excluding hydrogens is 399 g/mol. The number of benzene rings is 1. The van der Waals surface area contributed by atoms with Crippen LogP contribution in [0.25, 0.3) is 21.3 Å². The van der Waals surface area contributed by atoms with Gasteiger partial charge in [-0.1, -0.05) is 23.9 Å². The molecule has 1 fully saturated rings. The summed E-state index contributed by atoms with van der Waals surface area (Å²) in [7, 11) is 0. The van der Waals surface area contributed by atoms with Crippen molar-refractivity contribution in [1.29, 1.82) is 0 Å². The van der Waals surface area contributed by atoms with E-state index in [0.29, 0.717) is 30.5 Å². The zero-order chi connectivity index (χ0) is 19.7. The van der Waals surface area contributed by atoms with Crippen molar-refractivity contribution < 1.29 is 13.9 Å². The first kappa shape index (κ1) is 19.6. The van der Waals surface area contributed by atoms with E-state index in [1.165, 1.54) is 23.5 Å². The van der Waals surface area contributed by atoms with Crippen molar-refractivity contribution in [2.75, 3.05) is 19.2 Å². The van der Waals surface area contributed by atoms with Gasteiger partial charge in [0.1, 0.15) is 17.4 Å². The molecule has 4 rings (SSSR count). The number of aryl methyl sites for hydroxylation is 1. The molecular formula is C20H21FN2O3S2. The highest BCUT2D eigenvalue weighted by Gasteiger charge is 2.21. The Balaban J connectivity index is 1.75. The maximum absolute atomic E-state index is 13.3. The molecule has 0 spiro atoms. The molecule has 0 bridgehead atoms. The standard InChI is InChI=1S/C20H21FN2O3S2/c1-3-23-19(24)17-16(13-4-6-14(21)7-5-13)12(2)28-18(17)22-20(23)27-10-15-8-9-25-11-26-15/h4-7,15H,3,8-11H2,1-2H3/t15-/m1/s1. The molecule has 2 aromatic heterocycles. The Morgan fingerprint density at radius 3 is 2.82 bits per heavy atom. The highest BCUT2D eigenvalue weighted by Crippen LogP contribution is 2.36. The van der Waals surface area contributed by atoms with Gasteiger partial charge in [-0.05, 0) is 38.0 Å². The van der Waals surface area contributed by atoms with Gasteiger partial charge >= 0.3 is 0 Å². The van der Waals surface area contributed by atoms with Crippen LogP contribution in [-0.4, -0.2) is 34.8 Å². The van der Waals surface area contributed by atoms with E-state index in [1.807, 2.05) is 13.8 Å². The van der Waals surface area contributed by atoms with Gasteiger partial charge in [0.25, 0.3) is 5.56 Å². The van der Waals surface area contributed by atoms with Crippen LogP contribution in [0.15, 0.2) is 34.2 Å². The van der Waals surface area contributed by atoms with Gasteiger partial charge in [-0.3, -0.25) is 9.36 Å². The molecule has 5 nitrogen and oxygen atoms in total. The number of ether oxygens (including phenoxy) is 2. The molecule has 1 aromatic carbocycles. The molecule has 1 atom stereocenters. The van der Waals surface area contributed by atoms with Gasteiger partial charge in [0.2, 0.25) is 0 Å². The number of thioether (sulfide) groups is 1. The summed E-state index contributed by atoms with van der Waals surface area (Å²) in [6.45, 7) is 5.48. The third-order valence-electron chi connectivity index (χ3n) is 4.77. The van der Waals surface area contributed by atoms with Crippen LogP contribution in [0.3, 0.4) is 0 Å². The normalized spacial score (nSPS) is 17.3. The summed E-state index contributed by atoms with van der Waals surface area (Å²) >= 11 is 3.05. The fourth-order valence-corrected chi connectivity index (χ4v) is 5.54. The molecule has 1 aliphatic heterocycles. The molecule has 28 heavy (non-hydrogen) atoms. The van der Waals surface area contributed by atoms with Crippen LogP contribution >= 0.6 is 23.1 Å². The molecule has 1 aliphatic rings. The minimum absolute atomic E-state index is 0.0495. The minimum Gasteiger partial charge on any atom is -0.355 e. The second-order valence-electron chi connectivity index (χ2n) is 6.58. The van der Waals surface area contributed by atoms with Gasteiger partial charge in [0.15, 0.2) is 5.16 Å². The summed E-state index contributed by atoms with van der Waals surface area (Å²) in [4.78, 5) is 19.8. The van der Waals surface area contributed by atoms with Crippen molar-refractivity contribution in [3.05, 3.63) is 45.3 Å². The maximum Gasteiger partial charge on any atom is 0.263 e. The second-order valence-corrected chi connectivity index (χ2v) is 8.77. The molecule has 0 N–H and O–H groups in total. The highest BCUT2D eigenvalue weighted by molar-refractivity contribution is 7.99. The lowest BCUT2D eigenvalue weighted by atomic mass is 10.0. The van der Waals surface area contributed by atoms with Crippen molar-refractivity contribution in [1.82, 2.24) is 9.55 Å². The second kappa shape index (κ2) is 8.32. The Hall–Kier alpha value is -1.74. The number of hydrogen-bond donors (Lipinski definition) is 0. The van der Waals surface area contributed by atoms with Crippen LogP contribution in [0.5, 0.6) is 0 Å². The first-order chi connectivity index (χ1) is 13.6. The molecule has 0 aliphatic carbocycles. The predicted octanol–water partition coefficient (Wildman–Crippen LogP) is 4.45. The van der Waals surface area contributed by atoms with Crippen LogP contribution in [0.2, 0.25) is 0 Å². The number of aromatic nitrogens is 2. The number of fused-ring (bicyclic) bond motifs is 1. The third kappa shape index (κ3) is 3.74. The molecule has 8 heteroatoms. The molecule has 0 saturated carbocycles. The third-order valence-corrected chi connectivity index (χ3v) is 6.88. The van der Waals surface area contributed by atoms with Crippen LogP contribution < -0.4 is 5.56 Å². The maximum atomic E-state index is 13.3. The molecule has 0 radical (unpaired) electrons. The topological polar surface area (TPSA) is 53.4 Å². The van der Waals surface area contributed by atoms with E-state index in [4.69, 9.17) is 14.5 Å². The summed E-state index contributed by atoms with van der Waals surface area (Å²) in [6, 6.07) is 6.26. The van der Waals surface area contributed by atoms with Crippen LogP contribution in [0.4, 0.5) is 4.39 Å². The number of rotatable bonds is 5. The van der Waals surface area contributed by atoms with Gasteiger partial charge in [-0.15, -0.1) is 11.3 Å². The molecule has 3 aromatic rings. The van der Waals surface area contributed by atoms with Gasteiger partial charge in [0.05, 0.1) is 18.1 Å². The predicted molar refractivity (Wildman–Crippen MR) is 111 cm³/mol. The molecule has 148 valence electrons. The molecule has 0 unspecified atom stereocenters. The van der Waals surface area contributed by atoms with Crippen molar-refractivity contribution in [2.45, 2.75) is 38.1 Å². The summed E-state index contributed by atoms with van der Waals surface area (Å²) in [6.07, 6.45) is 0.954. The average Bonchev–Trinajstić information content (AvgIpc) is 3.04. The number of halogens is 1. The minimum atomic E-state index is -0.293. The van der Waals surface area contributed by atoms with Crippen molar-refractivity contribution >= 4 is 33.3 Å². The van der Waals surface area contributed by atoms with E-state index < -0.39 is 0 Å². The van der Waals surface area contributed by atoms with Crippen molar-refractivity contribution in [3.8, 4) is 11.1 Å². The molecule has 3 heterocycles. The van der Waals surface area contributed by atoms with E-state index in [-0.39, 0.29) is 17.5 Å². The number of nitrogens with zero attached hydrogens (tertiary/aromatic N) is 2. The number of thiophene rings is 1. The van der Waals surface area contributed by atoms with Gasteiger partial charge < -0.3 is 9.47 Å². The average molecular weight is 421 g/mol. The Morgan fingerprint density at radius 1 is 1.36 bits per heavy atom. The van der Waals surface area contributed by atoms with Crippen LogP contribution in [-0.2, 0) is 16.0 Å². The fraction of sp³-hybridized carbons (Fsp3) is 0.400.